The van der Waals surface area contributed by atoms with E-state index in [2.05, 4.69) is 36.1 Å². The van der Waals surface area contributed by atoms with Gasteiger partial charge in [-0.25, -0.2) is 0 Å². The highest BCUT2D eigenvalue weighted by Crippen LogP contribution is 2.12. The topological polar surface area (TPSA) is 36.7 Å². The molecule has 4 heteroatoms. The number of benzene rings is 1. The van der Waals surface area contributed by atoms with Crippen molar-refractivity contribution in [2.75, 3.05) is 26.2 Å². The molecule has 0 radical (unpaired) electrons. The van der Waals surface area contributed by atoms with Crippen LogP contribution >= 0.6 is 0 Å². The number of aryl methyl sites for hydroxylation is 1. The summed E-state index contributed by atoms with van der Waals surface area (Å²) in [7, 11) is 0. The molecule has 21 heavy (non-hydrogen) atoms. The molecule has 1 aromatic carbocycles. The van der Waals surface area contributed by atoms with Gasteiger partial charge in [0.05, 0.1) is 6.26 Å². The van der Waals surface area contributed by atoms with Crippen LogP contribution in [0.1, 0.15) is 21.7 Å². The molecule has 0 saturated carbocycles. The summed E-state index contributed by atoms with van der Waals surface area (Å²) < 4.78 is 5.18. The van der Waals surface area contributed by atoms with Gasteiger partial charge in [-0.05, 0) is 24.6 Å². The highest BCUT2D eigenvalue weighted by molar-refractivity contribution is 5.91. The van der Waals surface area contributed by atoms with E-state index in [-0.39, 0.29) is 5.91 Å². The second-order valence-corrected chi connectivity index (χ2v) is 5.53. The average molecular weight is 284 g/mol. The van der Waals surface area contributed by atoms with Crippen molar-refractivity contribution >= 4 is 5.91 Å². The number of furan rings is 1. The molecule has 2 heterocycles. The maximum atomic E-state index is 12.2. The van der Waals surface area contributed by atoms with E-state index in [0.717, 1.165) is 32.7 Å². The summed E-state index contributed by atoms with van der Waals surface area (Å²) in [5.74, 6) is 0.428. The number of rotatable bonds is 3. The van der Waals surface area contributed by atoms with Crippen molar-refractivity contribution in [2.45, 2.75) is 13.5 Å². The maximum Gasteiger partial charge on any atom is 0.289 e. The maximum absolute atomic E-state index is 12.2. The Morgan fingerprint density at radius 1 is 1.14 bits per heavy atom. The highest BCUT2D eigenvalue weighted by atomic mass is 16.3. The standard InChI is InChI=1S/C17H20N2O2/c1-14-4-2-5-15(12-14)13-18-7-9-19(10-8-18)17(20)16-6-3-11-21-16/h2-6,11-12H,7-10,13H2,1H3. The van der Waals surface area contributed by atoms with E-state index in [0.29, 0.717) is 5.76 Å². The van der Waals surface area contributed by atoms with Crippen LogP contribution in [-0.4, -0.2) is 41.9 Å². The minimum Gasteiger partial charge on any atom is -0.459 e. The van der Waals surface area contributed by atoms with E-state index in [1.165, 1.54) is 11.1 Å². The van der Waals surface area contributed by atoms with Gasteiger partial charge in [0.1, 0.15) is 0 Å². The van der Waals surface area contributed by atoms with E-state index < -0.39 is 0 Å². The number of piperazine rings is 1. The Morgan fingerprint density at radius 3 is 2.62 bits per heavy atom. The van der Waals surface area contributed by atoms with Crippen molar-refractivity contribution < 1.29 is 9.21 Å². The molecule has 0 atom stereocenters. The number of hydrogen-bond acceptors (Lipinski definition) is 3. The molecule has 0 unspecified atom stereocenters. The molecule has 0 aliphatic carbocycles. The zero-order valence-corrected chi connectivity index (χ0v) is 12.3. The monoisotopic (exact) mass is 284 g/mol. The van der Waals surface area contributed by atoms with Crippen LogP contribution in [0.2, 0.25) is 0 Å². The van der Waals surface area contributed by atoms with Crippen molar-refractivity contribution in [1.82, 2.24) is 9.80 Å². The molecular weight excluding hydrogens is 264 g/mol. The molecule has 0 N–H and O–H groups in total. The Morgan fingerprint density at radius 2 is 1.95 bits per heavy atom. The summed E-state index contributed by atoms with van der Waals surface area (Å²) in [5.41, 5.74) is 2.62. The summed E-state index contributed by atoms with van der Waals surface area (Å²) in [4.78, 5) is 16.4. The van der Waals surface area contributed by atoms with Crippen LogP contribution < -0.4 is 0 Å². The van der Waals surface area contributed by atoms with Crippen molar-refractivity contribution in [3.05, 3.63) is 59.5 Å². The molecule has 1 aliphatic rings. The first-order valence-electron chi connectivity index (χ1n) is 7.33. The van der Waals surface area contributed by atoms with E-state index in [9.17, 15) is 4.79 Å². The first-order chi connectivity index (χ1) is 10.2. The quantitative estimate of drug-likeness (QED) is 0.869. The Balaban J connectivity index is 1.54. The normalized spacial score (nSPS) is 16.1. The van der Waals surface area contributed by atoms with Gasteiger partial charge in [0, 0.05) is 32.7 Å². The first-order valence-corrected chi connectivity index (χ1v) is 7.33. The molecule has 1 fully saturated rings. The fourth-order valence-electron chi connectivity index (χ4n) is 2.73. The molecule has 1 aromatic heterocycles. The molecule has 1 aliphatic heterocycles. The van der Waals surface area contributed by atoms with Gasteiger partial charge in [-0.15, -0.1) is 0 Å². The van der Waals surface area contributed by atoms with Gasteiger partial charge < -0.3 is 9.32 Å². The van der Waals surface area contributed by atoms with Gasteiger partial charge in [-0.2, -0.15) is 0 Å². The van der Waals surface area contributed by atoms with Crippen LogP contribution in [-0.2, 0) is 6.54 Å². The molecule has 2 aromatic rings. The Hall–Kier alpha value is -2.07. The molecular formula is C17H20N2O2. The lowest BCUT2D eigenvalue weighted by Crippen LogP contribution is -2.48. The molecule has 0 spiro atoms. The largest absolute Gasteiger partial charge is 0.459 e. The second kappa shape index (κ2) is 6.14. The van der Waals surface area contributed by atoms with Gasteiger partial charge in [0.2, 0.25) is 0 Å². The van der Waals surface area contributed by atoms with Crippen LogP contribution in [0.3, 0.4) is 0 Å². The number of hydrogen-bond donors (Lipinski definition) is 0. The Bertz CT molecular complexity index is 599. The smallest absolute Gasteiger partial charge is 0.289 e. The Kier molecular flexibility index (Phi) is 4.06. The third-order valence-electron chi connectivity index (χ3n) is 3.88. The molecule has 1 saturated heterocycles. The van der Waals surface area contributed by atoms with Crippen LogP contribution in [0.15, 0.2) is 47.1 Å². The summed E-state index contributed by atoms with van der Waals surface area (Å²) in [5, 5.41) is 0. The Labute approximate surface area is 125 Å². The van der Waals surface area contributed by atoms with Crippen LogP contribution in [0.5, 0.6) is 0 Å². The van der Waals surface area contributed by atoms with Crippen molar-refractivity contribution in [2.24, 2.45) is 0 Å². The fraction of sp³-hybridized carbons (Fsp3) is 0.353. The first kappa shape index (κ1) is 13.9. The van der Waals surface area contributed by atoms with Crippen LogP contribution in [0.4, 0.5) is 0 Å². The van der Waals surface area contributed by atoms with E-state index in [4.69, 9.17) is 4.42 Å². The minimum absolute atomic E-state index is 0.00444. The lowest BCUT2D eigenvalue weighted by Gasteiger charge is -2.34. The lowest BCUT2D eigenvalue weighted by molar-refractivity contribution is 0.0598. The third-order valence-corrected chi connectivity index (χ3v) is 3.88. The zero-order valence-electron chi connectivity index (χ0n) is 12.3. The van der Waals surface area contributed by atoms with Crippen LogP contribution in [0, 0.1) is 6.92 Å². The van der Waals surface area contributed by atoms with Crippen molar-refractivity contribution in [3.63, 3.8) is 0 Å². The summed E-state index contributed by atoms with van der Waals surface area (Å²) in [6.07, 6.45) is 1.54. The molecule has 0 bridgehead atoms. The SMILES string of the molecule is Cc1cccc(CN2CCN(C(=O)c3ccco3)CC2)c1. The predicted molar refractivity (Wildman–Crippen MR) is 81.1 cm³/mol. The average Bonchev–Trinajstić information content (AvgIpc) is 3.01. The molecule has 1 amide bonds. The summed E-state index contributed by atoms with van der Waals surface area (Å²) in [6, 6.07) is 12.1. The number of carbonyl (C=O) groups is 1. The highest BCUT2D eigenvalue weighted by Gasteiger charge is 2.23. The second-order valence-electron chi connectivity index (χ2n) is 5.53. The molecule has 110 valence electrons. The molecule has 4 nitrogen and oxygen atoms in total. The predicted octanol–water partition coefficient (Wildman–Crippen LogP) is 2.55. The van der Waals surface area contributed by atoms with Gasteiger partial charge >= 0.3 is 0 Å². The van der Waals surface area contributed by atoms with E-state index in [1.807, 2.05) is 4.90 Å². The fourth-order valence-corrected chi connectivity index (χ4v) is 2.73. The minimum atomic E-state index is -0.00444. The van der Waals surface area contributed by atoms with Gasteiger partial charge in [-0.1, -0.05) is 29.8 Å². The van der Waals surface area contributed by atoms with Gasteiger partial charge in [0.15, 0.2) is 5.76 Å². The van der Waals surface area contributed by atoms with Crippen molar-refractivity contribution in [1.29, 1.82) is 0 Å². The summed E-state index contributed by atoms with van der Waals surface area (Å²) in [6.45, 7) is 6.38. The van der Waals surface area contributed by atoms with E-state index in [1.54, 1.807) is 18.4 Å². The lowest BCUT2D eigenvalue weighted by atomic mass is 10.1. The number of amides is 1. The summed E-state index contributed by atoms with van der Waals surface area (Å²) >= 11 is 0. The third kappa shape index (κ3) is 3.34. The molecule has 3 rings (SSSR count). The van der Waals surface area contributed by atoms with E-state index >= 15 is 0 Å². The van der Waals surface area contributed by atoms with Crippen LogP contribution in [0.25, 0.3) is 0 Å². The zero-order chi connectivity index (χ0) is 14.7. The number of carbonyl (C=O) groups excluding carboxylic acids is 1. The van der Waals surface area contributed by atoms with Gasteiger partial charge in [0.25, 0.3) is 5.91 Å². The van der Waals surface area contributed by atoms with Gasteiger partial charge in [-0.3, -0.25) is 9.69 Å². The number of nitrogens with zero attached hydrogens (tertiary/aromatic N) is 2. The van der Waals surface area contributed by atoms with Crippen molar-refractivity contribution in [3.8, 4) is 0 Å².